The Balaban J connectivity index is 4.55. The zero-order valence-electron chi connectivity index (χ0n) is 8.98. The maximum absolute atomic E-state index is 12.4. The molecule has 0 aromatic rings. The second-order valence-corrected chi connectivity index (χ2v) is 4.05. The lowest BCUT2D eigenvalue weighted by atomic mass is 10.1. The van der Waals surface area contributed by atoms with E-state index in [1.807, 2.05) is 0 Å². The van der Waals surface area contributed by atoms with Crippen LogP contribution in [-0.4, -0.2) is 23.9 Å². The molecule has 0 aliphatic carbocycles. The summed E-state index contributed by atoms with van der Waals surface area (Å²) in [5.74, 6) is 0. The second kappa shape index (κ2) is 4.49. The molecule has 0 aromatic heterocycles. The van der Waals surface area contributed by atoms with E-state index >= 15 is 0 Å². The van der Waals surface area contributed by atoms with Crippen molar-refractivity contribution in [2.24, 2.45) is 5.73 Å². The maximum atomic E-state index is 12.4. The molecule has 0 amide bonds. The third-order valence-corrected chi connectivity index (χ3v) is 2.10. The third-order valence-electron chi connectivity index (χ3n) is 2.10. The van der Waals surface area contributed by atoms with E-state index in [0.717, 1.165) is 0 Å². The van der Waals surface area contributed by atoms with Crippen LogP contribution in [0.25, 0.3) is 0 Å². The molecule has 2 N–H and O–H groups in total. The number of nitrogens with two attached hydrogens (primary N) is 1. The lowest BCUT2D eigenvalue weighted by Crippen LogP contribution is -2.49. The van der Waals surface area contributed by atoms with Crippen molar-refractivity contribution in [1.82, 2.24) is 0 Å². The number of halogens is 3. The first-order chi connectivity index (χ1) is 6.10. The van der Waals surface area contributed by atoms with Crippen LogP contribution in [0.4, 0.5) is 13.2 Å². The monoisotopic (exact) mass is 213 g/mol. The minimum atomic E-state index is -4.40. The molecule has 0 radical (unpaired) electrons. The van der Waals surface area contributed by atoms with Gasteiger partial charge in [0.2, 0.25) is 0 Å². The van der Waals surface area contributed by atoms with E-state index in [1.54, 1.807) is 20.8 Å². The van der Waals surface area contributed by atoms with Gasteiger partial charge in [0.15, 0.2) is 6.10 Å². The molecule has 0 saturated carbocycles. The van der Waals surface area contributed by atoms with Gasteiger partial charge in [-0.1, -0.05) is 6.92 Å². The topological polar surface area (TPSA) is 35.2 Å². The summed E-state index contributed by atoms with van der Waals surface area (Å²) in [5, 5.41) is 0. The lowest BCUT2D eigenvalue weighted by molar-refractivity contribution is -0.253. The van der Waals surface area contributed by atoms with Crippen molar-refractivity contribution in [2.75, 3.05) is 0 Å². The number of alkyl halides is 3. The molecule has 5 heteroatoms. The van der Waals surface area contributed by atoms with Gasteiger partial charge in [0.25, 0.3) is 0 Å². The van der Waals surface area contributed by atoms with Gasteiger partial charge in [0, 0.05) is 6.04 Å². The van der Waals surface area contributed by atoms with Gasteiger partial charge in [-0.2, -0.15) is 13.2 Å². The SMILES string of the molecule is CCC(C)(C)OC(C(C)N)C(F)(F)F. The Bertz CT molecular complexity index is 177. The van der Waals surface area contributed by atoms with E-state index in [2.05, 4.69) is 0 Å². The summed E-state index contributed by atoms with van der Waals surface area (Å²) in [5.41, 5.74) is 4.44. The van der Waals surface area contributed by atoms with Gasteiger partial charge in [-0.3, -0.25) is 0 Å². The summed E-state index contributed by atoms with van der Waals surface area (Å²) in [6.07, 6.45) is -5.79. The van der Waals surface area contributed by atoms with Crippen molar-refractivity contribution in [3.63, 3.8) is 0 Å². The zero-order valence-corrected chi connectivity index (χ0v) is 8.98. The number of hydrogen-bond acceptors (Lipinski definition) is 2. The van der Waals surface area contributed by atoms with Crippen molar-refractivity contribution >= 4 is 0 Å². The molecule has 14 heavy (non-hydrogen) atoms. The molecular formula is C9H18F3NO. The van der Waals surface area contributed by atoms with Crippen LogP contribution in [0.2, 0.25) is 0 Å². The summed E-state index contributed by atoms with van der Waals surface area (Å²) in [6, 6.07) is -1.05. The van der Waals surface area contributed by atoms with Gasteiger partial charge < -0.3 is 10.5 Å². The van der Waals surface area contributed by atoms with Crippen LogP contribution >= 0.6 is 0 Å². The molecule has 0 spiro atoms. The first-order valence-corrected chi connectivity index (χ1v) is 4.60. The van der Waals surface area contributed by atoms with Gasteiger partial charge in [0.05, 0.1) is 5.60 Å². The van der Waals surface area contributed by atoms with E-state index < -0.39 is 23.9 Å². The Labute approximate surface area is 82.6 Å². The fourth-order valence-electron chi connectivity index (χ4n) is 0.899. The Morgan fingerprint density at radius 1 is 1.29 bits per heavy atom. The molecule has 0 bridgehead atoms. The van der Waals surface area contributed by atoms with Crippen LogP contribution in [0.1, 0.15) is 34.1 Å². The summed E-state index contributed by atoms with van der Waals surface area (Å²) in [4.78, 5) is 0. The highest BCUT2D eigenvalue weighted by Crippen LogP contribution is 2.29. The molecule has 0 aromatic carbocycles. The van der Waals surface area contributed by atoms with Crippen molar-refractivity contribution in [3.05, 3.63) is 0 Å². The average Bonchev–Trinajstić information content (AvgIpc) is 1.98. The van der Waals surface area contributed by atoms with Crippen LogP contribution in [0.5, 0.6) is 0 Å². The van der Waals surface area contributed by atoms with Crippen molar-refractivity contribution < 1.29 is 17.9 Å². The molecule has 0 saturated heterocycles. The normalized spacial score (nSPS) is 18.0. The molecule has 0 aliphatic rings. The van der Waals surface area contributed by atoms with Crippen molar-refractivity contribution in [1.29, 1.82) is 0 Å². The van der Waals surface area contributed by atoms with Gasteiger partial charge in [-0.05, 0) is 27.2 Å². The molecule has 0 heterocycles. The summed E-state index contributed by atoms with van der Waals surface area (Å²) in [6.45, 7) is 6.31. The average molecular weight is 213 g/mol. The number of hydrogen-bond donors (Lipinski definition) is 1. The third kappa shape index (κ3) is 4.28. The molecule has 0 aliphatic heterocycles. The molecule has 86 valence electrons. The molecule has 2 nitrogen and oxygen atoms in total. The quantitative estimate of drug-likeness (QED) is 0.778. The Kier molecular flexibility index (Phi) is 4.39. The predicted molar refractivity (Wildman–Crippen MR) is 48.9 cm³/mol. The highest BCUT2D eigenvalue weighted by molar-refractivity contribution is 4.80. The number of ether oxygens (including phenoxy) is 1. The fourth-order valence-corrected chi connectivity index (χ4v) is 0.899. The Hall–Kier alpha value is -0.290. The van der Waals surface area contributed by atoms with Crippen LogP contribution < -0.4 is 5.73 Å². The molecular weight excluding hydrogens is 195 g/mol. The van der Waals surface area contributed by atoms with E-state index in [9.17, 15) is 13.2 Å². The first kappa shape index (κ1) is 13.7. The second-order valence-electron chi connectivity index (χ2n) is 4.05. The molecule has 0 rings (SSSR count). The largest absolute Gasteiger partial charge is 0.416 e. The van der Waals surface area contributed by atoms with Crippen molar-refractivity contribution in [3.8, 4) is 0 Å². The van der Waals surface area contributed by atoms with Gasteiger partial charge in [0.1, 0.15) is 0 Å². The molecule has 2 atom stereocenters. The smallest absolute Gasteiger partial charge is 0.361 e. The minimum absolute atomic E-state index is 0.506. The summed E-state index contributed by atoms with van der Waals surface area (Å²) >= 11 is 0. The van der Waals surface area contributed by atoms with Crippen LogP contribution in [-0.2, 0) is 4.74 Å². The van der Waals surface area contributed by atoms with Crippen molar-refractivity contribution in [2.45, 2.75) is 58.0 Å². The summed E-state index contributed by atoms with van der Waals surface area (Å²) in [7, 11) is 0. The first-order valence-electron chi connectivity index (χ1n) is 4.60. The van der Waals surface area contributed by atoms with Gasteiger partial charge >= 0.3 is 6.18 Å². The summed E-state index contributed by atoms with van der Waals surface area (Å²) < 4.78 is 42.3. The van der Waals surface area contributed by atoms with Crippen LogP contribution in [0.15, 0.2) is 0 Å². The van der Waals surface area contributed by atoms with E-state index in [4.69, 9.17) is 10.5 Å². The zero-order chi connectivity index (χ0) is 11.6. The minimum Gasteiger partial charge on any atom is -0.361 e. The molecule has 0 fully saturated rings. The van der Waals surface area contributed by atoms with Gasteiger partial charge in [-0.15, -0.1) is 0 Å². The van der Waals surface area contributed by atoms with E-state index in [0.29, 0.717) is 6.42 Å². The lowest BCUT2D eigenvalue weighted by Gasteiger charge is -2.33. The highest BCUT2D eigenvalue weighted by atomic mass is 19.4. The fraction of sp³-hybridized carbons (Fsp3) is 1.00. The van der Waals surface area contributed by atoms with Crippen LogP contribution in [0, 0.1) is 0 Å². The van der Waals surface area contributed by atoms with E-state index in [1.165, 1.54) is 6.92 Å². The van der Waals surface area contributed by atoms with Crippen LogP contribution in [0.3, 0.4) is 0 Å². The van der Waals surface area contributed by atoms with Gasteiger partial charge in [-0.25, -0.2) is 0 Å². The Morgan fingerprint density at radius 2 is 1.71 bits per heavy atom. The highest BCUT2D eigenvalue weighted by Gasteiger charge is 2.45. The number of rotatable bonds is 4. The van der Waals surface area contributed by atoms with E-state index in [-0.39, 0.29) is 0 Å². The predicted octanol–water partition coefficient (Wildman–Crippen LogP) is 2.47. The maximum Gasteiger partial charge on any atom is 0.416 e. The molecule has 2 unspecified atom stereocenters. The standard InChI is InChI=1S/C9H18F3NO/c1-5-8(3,4)14-7(6(2)13)9(10,11)12/h6-7H,5,13H2,1-4H3. The Morgan fingerprint density at radius 3 is 1.93 bits per heavy atom.